The van der Waals surface area contributed by atoms with Crippen molar-refractivity contribution in [1.82, 2.24) is 0 Å². The lowest BCUT2D eigenvalue weighted by Gasteiger charge is -2.15. The van der Waals surface area contributed by atoms with Crippen LogP contribution in [0, 0.1) is 11.6 Å². The van der Waals surface area contributed by atoms with Crippen LogP contribution in [0.3, 0.4) is 0 Å². The zero-order valence-electron chi connectivity index (χ0n) is 10.2. The Labute approximate surface area is 132 Å². The van der Waals surface area contributed by atoms with Crippen LogP contribution in [0.1, 0.15) is 11.7 Å². The Bertz CT molecular complexity index is 602. The highest BCUT2D eigenvalue weighted by molar-refractivity contribution is 9.11. The van der Waals surface area contributed by atoms with E-state index in [-0.39, 0.29) is 6.54 Å². The molecule has 6 heteroatoms. The highest BCUT2D eigenvalue weighted by atomic mass is 79.9. The Kier molecular flexibility index (Phi) is 5.12. The van der Waals surface area contributed by atoms with Gasteiger partial charge in [-0.05, 0) is 61.7 Å². The van der Waals surface area contributed by atoms with E-state index in [2.05, 4.69) is 37.2 Å². The van der Waals surface area contributed by atoms with Crippen molar-refractivity contribution >= 4 is 37.5 Å². The summed E-state index contributed by atoms with van der Waals surface area (Å²) in [6.45, 7) is 0.173. The minimum Gasteiger partial charge on any atom is -0.387 e. The van der Waals surface area contributed by atoms with Crippen LogP contribution in [0.15, 0.2) is 45.3 Å². The summed E-state index contributed by atoms with van der Waals surface area (Å²) in [5.74, 6) is -1.90. The van der Waals surface area contributed by atoms with E-state index in [0.717, 1.165) is 26.8 Å². The number of anilines is 1. The molecule has 0 aliphatic rings. The molecule has 2 aromatic carbocycles. The summed E-state index contributed by atoms with van der Waals surface area (Å²) in [6, 6.07) is 8.94. The lowest BCUT2D eigenvalue weighted by Crippen LogP contribution is -2.13. The molecule has 0 saturated heterocycles. The van der Waals surface area contributed by atoms with Crippen LogP contribution in [-0.2, 0) is 0 Å². The van der Waals surface area contributed by atoms with Gasteiger partial charge in [0.05, 0.1) is 11.8 Å². The summed E-state index contributed by atoms with van der Waals surface area (Å²) in [5.41, 5.74) is 1.11. The summed E-state index contributed by atoms with van der Waals surface area (Å²) in [4.78, 5) is 0. The van der Waals surface area contributed by atoms with Crippen molar-refractivity contribution < 1.29 is 13.9 Å². The van der Waals surface area contributed by atoms with E-state index in [1.165, 1.54) is 6.07 Å². The molecule has 0 aliphatic carbocycles. The summed E-state index contributed by atoms with van der Waals surface area (Å²) in [6.07, 6.45) is -0.941. The normalized spacial score (nSPS) is 12.2. The molecule has 0 amide bonds. The summed E-state index contributed by atoms with van der Waals surface area (Å²) < 4.78 is 27.6. The van der Waals surface area contributed by atoms with Crippen molar-refractivity contribution in [3.63, 3.8) is 0 Å². The minimum absolute atomic E-state index is 0.173. The third kappa shape index (κ3) is 3.56. The Balaban J connectivity index is 2.08. The molecule has 0 radical (unpaired) electrons. The van der Waals surface area contributed by atoms with Crippen LogP contribution < -0.4 is 5.32 Å². The van der Waals surface area contributed by atoms with Gasteiger partial charge in [0.2, 0.25) is 0 Å². The molecule has 0 aromatic heterocycles. The van der Waals surface area contributed by atoms with Gasteiger partial charge in [-0.3, -0.25) is 0 Å². The van der Waals surface area contributed by atoms with Gasteiger partial charge in [-0.1, -0.05) is 12.1 Å². The predicted molar refractivity (Wildman–Crippen MR) is 81.6 cm³/mol. The van der Waals surface area contributed by atoms with Gasteiger partial charge in [-0.15, -0.1) is 0 Å². The molecule has 2 N–H and O–H groups in total. The molecule has 2 rings (SSSR count). The number of nitrogens with one attached hydrogen (secondary N) is 1. The average molecular weight is 407 g/mol. The van der Waals surface area contributed by atoms with Crippen LogP contribution in [-0.4, -0.2) is 11.7 Å². The Morgan fingerprint density at radius 2 is 1.70 bits per heavy atom. The number of para-hydroxylation sites is 1. The van der Waals surface area contributed by atoms with Crippen LogP contribution in [0.4, 0.5) is 14.5 Å². The SMILES string of the molecule is OC(CNc1c(Br)cccc1Br)c1ccc(F)c(F)c1. The van der Waals surface area contributed by atoms with Gasteiger partial charge < -0.3 is 10.4 Å². The minimum atomic E-state index is -0.969. The highest BCUT2D eigenvalue weighted by Crippen LogP contribution is 2.31. The van der Waals surface area contributed by atoms with Gasteiger partial charge >= 0.3 is 0 Å². The summed E-state index contributed by atoms with van der Waals surface area (Å²) >= 11 is 6.78. The molecule has 2 nitrogen and oxygen atoms in total. The van der Waals surface area contributed by atoms with Crippen LogP contribution in [0.2, 0.25) is 0 Å². The van der Waals surface area contributed by atoms with Gasteiger partial charge in [0.15, 0.2) is 11.6 Å². The first-order chi connectivity index (χ1) is 9.49. The maximum Gasteiger partial charge on any atom is 0.159 e. The highest BCUT2D eigenvalue weighted by Gasteiger charge is 2.12. The quantitative estimate of drug-likeness (QED) is 0.775. The van der Waals surface area contributed by atoms with Crippen molar-refractivity contribution in [2.75, 3.05) is 11.9 Å². The summed E-state index contributed by atoms with van der Waals surface area (Å²) in [7, 11) is 0. The maximum atomic E-state index is 13.1. The molecule has 0 spiro atoms. The summed E-state index contributed by atoms with van der Waals surface area (Å²) in [5, 5.41) is 13.1. The monoisotopic (exact) mass is 405 g/mol. The molecule has 1 atom stereocenters. The van der Waals surface area contributed by atoms with Crippen LogP contribution in [0.5, 0.6) is 0 Å². The predicted octanol–water partition coefficient (Wildman–Crippen LogP) is 4.64. The largest absolute Gasteiger partial charge is 0.387 e. The number of benzene rings is 2. The van der Waals surface area contributed by atoms with Gasteiger partial charge in [-0.2, -0.15) is 0 Å². The Morgan fingerprint density at radius 1 is 1.05 bits per heavy atom. The van der Waals surface area contributed by atoms with E-state index in [1.807, 2.05) is 18.2 Å². The van der Waals surface area contributed by atoms with E-state index < -0.39 is 17.7 Å². The number of aliphatic hydroxyl groups excluding tert-OH is 1. The van der Waals surface area contributed by atoms with Crippen molar-refractivity contribution in [2.45, 2.75) is 6.10 Å². The number of hydrogen-bond acceptors (Lipinski definition) is 2. The van der Waals surface area contributed by atoms with Gasteiger partial charge in [-0.25, -0.2) is 8.78 Å². The van der Waals surface area contributed by atoms with Crippen LogP contribution >= 0.6 is 31.9 Å². The van der Waals surface area contributed by atoms with E-state index in [1.54, 1.807) is 0 Å². The second-order valence-electron chi connectivity index (χ2n) is 4.17. The number of rotatable bonds is 4. The molecule has 0 saturated carbocycles. The van der Waals surface area contributed by atoms with Gasteiger partial charge in [0.25, 0.3) is 0 Å². The first-order valence-corrected chi connectivity index (χ1v) is 7.38. The van der Waals surface area contributed by atoms with Gasteiger partial charge in [0.1, 0.15) is 0 Å². The average Bonchev–Trinajstić information content (AvgIpc) is 2.41. The molecule has 106 valence electrons. The first-order valence-electron chi connectivity index (χ1n) is 5.80. The Hall–Kier alpha value is -0.980. The molecule has 20 heavy (non-hydrogen) atoms. The number of halogens is 4. The van der Waals surface area contributed by atoms with E-state index in [4.69, 9.17) is 0 Å². The number of hydrogen-bond donors (Lipinski definition) is 2. The zero-order valence-corrected chi connectivity index (χ0v) is 13.4. The lowest BCUT2D eigenvalue weighted by molar-refractivity contribution is 0.191. The fraction of sp³-hybridized carbons (Fsp3) is 0.143. The van der Waals surface area contributed by atoms with Crippen LogP contribution in [0.25, 0.3) is 0 Å². The lowest BCUT2D eigenvalue weighted by atomic mass is 10.1. The standard InChI is InChI=1S/C14H11Br2F2NO/c15-9-2-1-3-10(16)14(9)19-7-13(20)8-4-5-11(17)12(18)6-8/h1-6,13,19-20H,7H2. The topological polar surface area (TPSA) is 32.3 Å². The van der Waals surface area contributed by atoms with Crippen molar-refractivity contribution in [1.29, 1.82) is 0 Å². The van der Waals surface area contributed by atoms with Crippen molar-refractivity contribution in [3.05, 3.63) is 62.5 Å². The molecular formula is C14H11Br2F2NO. The van der Waals surface area contributed by atoms with E-state index in [9.17, 15) is 13.9 Å². The second kappa shape index (κ2) is 6.65. The maximum absolute atomic E-state index is 13.1. The molecular weight excluding hydrogens is 396 g/mol. The zero-order chi connectivity index (χ0) is 14.7. The molecule has 2 aromatic rings. The molecule has 0 heterocycles. The molecule has 0 bridgehead atoms. The fourth-order valence-corrected chi connectivity index (χ4v) is 2.98. The van der Waals surface area contributed by atoms with Crippen molar-refractivity contribution in [3.8, 4) is 0 Å². The molecule has 1 unspecified atom stereocenters. The first kappa shape index (κ1) is 15.4. The van der Waals surface area contributed by atoms with E-state index >= 15 is 0 Å². The van der Waals surface area contributed by atoms with E-state index in [0.29, 0.717) is 5.56 Å². The molecule has 0 aliphatic heterocycles. The third-order valence-corrected chi connectivity index (χ3v) is 4.09. The Morgan fingerprint density at radius 3 is 2.30 bits per heavy atom. The fourth-order valence-electron chi connectivity index (χ4n) is 1.70. The number of aliphatic hydroxyl groups is 1. The van der Waals surface area contributed by atoms with Crippen molar-refractivity contribution in [2.24, 2.45) is 0 Å². The van der Waals surface area contributed by atoms with Gasteiger partial charge in [0, 0.05) is 15.5 Å². The second-order valence-corrected chi connectivity index (χ2v) is 5.88. The smallest absolute Gasteiger partial charge is 0.159 e. The third-order valence-electron chi connectivity index (χ3n) is 2.76. The molecule has 0 fully saturated rings.